The Kier molecular flexibility index (Phi) is 4.89. The van der Waals surface area contributed by atoms with Gasteiger partial charge in [0, 0.05) is 0 Å². The van der Waals surface area contributed by atoms with Crippen molar-refractivity contribution in [1.82, 2.24) is 0 Å². The van der Waals surface area contributed by atoms with E-state index in [4.69, 9.17) is 4.43 Å². The second-order valence-corrected chi connectivity index (χ2v) is 11.9. The molecule has 108 valence electrons. The lowest BCUT2D eigenvalue weighted by atomic mass is 9.72. The van der Waals surface area contributed by atoms with Gasteiger partial charge in [0.25, 0.3) is 0 Å². The summed E-state index contributed by atoms with van der Waals surface area (Å²) in [5.41, 5.74) is 4.18. The molecule has 0 atom stereocenters. The zero-order valence-electron chi connectivity index (χ0n) is 13.8. The zero-order chi connectivity index (χ0) is 14.8. The summed E-state index contributed by atoms with van der Waals surface area (Å²) >= 11 is 0. The number of hydrogen-bond donors (Lipinski definition) is 0. The number of rotatable bonds is 4. The molecule has 0 aliphatic heterocycles. The van der Waals surface area contributed by atoms with Gasteiger partial charge in [-0.15, -0.1) is 0 Å². The van der Waals surface area contributed by atoms with E-state index >= 15 is 0 Å². The number of allylic oxidation sites excluding steroid dienone is 4. The predicted molar refractivity (Wildman–Crippen MR) is 87.7 cm³/mol. The molecule has 19 heavy (non-hydrogen) atoms. The zero-order valence-corrected chi connectivity index (χ0v) is 14.8. The minimum absolute atomic E-state index is 0.212. The molecule has 1 aliphatic rings. The van der Waals surface area contributed by atoms with Crippen molar-refractivity contribution in [3.63, 3.8) is 0 Å². The maximum atomic E-state index is 6.38. The molecule has 1 nitrogen and oxygen atoms in total. The van der Waals surface area contributed by atoms with E-state index in [1.807, 2.05) is 6.92 Å². The monoisotopic (exact) mass is 278 g/mol. The largest absolute Gasteiger partial charge is 0.544 e. The summed E-state index contributed by atoms with van der Waals surface area (Å²) in [4.78, 5) is 0. The smallest absolute Gasteiger partial charge is 0.242 e. The van der Waals surface area contributed by atoms with Crippen LogP contribution in [0.15, 0.2) is 35.1 Å². The molecular formula is C17H30OSi. The third-order valence-electron chi connectivity index (χ3n) is 3.50. The van der Waals surface area contributed by atoms with Gasteiger partial charge >= 0.3 is 0 Å². The van der Waals surface area contributed by atoms with Gasteiger partial charge in [0.05, 0.1) is 0 Å². The topological polar surface area (TPSA) is 9.23 Å². The van der Waals surface area contributed by atoms with Gasteiger partial charge < -0.3 is 4.43 Å². The highest BCUT2D eigenvalue weighted by atomic mass is 28.4. The minimum Gasteiger partial charge on any atom is -0.544 e. The molecule has 0 saturated heterocycles. The van der Waals surface area contributed by atoms with E-state index < -0.39 is 8.32 Å². The van der Waals surface area contributed by atoms with Crippen molar-refractivity contribution < 1.29 is 4.43 Å². The summed E-state index contributed by atoms with van der Waals surface area (Å²) in [6, 6.07) is 0. The van der Waals surface area contributed by atoms with Crippen molar-refractivity contribution in [3.05, 3.63) is 35.1 Å². The van der Waals surface area contributed by atoms with Gasteiger partial charge in [-0.05, 0) is 69.8 Å². The Morgan fingerprint density at radius 3 is 2.32 bits per heavy atom. The predicted octanol–water partition coefficient (Wildman–Crippen LogP) is 5.82. The average Bonchev–Trinajstić information content (AvgIpc) is 2.11. The van der Waals surface area contributed by atoms with Gasteiger partial charge in [0.15, 0.2) is 0 Å². The highest BCUT2D eigenvalue weighted by Crippen LogP contribution is 2.44. The fourth-order valence-corrected chi connectivity index (χ4v) is 3.69. The van der Waals surface area contributed by atoms with E-state index in [0.29, 0.717) is 0 Å². The molecule has 0 saturated carbocycles. The molecule has 0 heterocycles. The summed E-state index contributed by atoms with van der Waals surface area (Å²) < 4.78 is 6.38. The Morgan fingerprint density at radius 1 is 1.32 bits per heavy atom. The van der Waals surface area contributed by atoms with E-state index in [1.165, 1.54) is 30.4 Å². The SMILES string of the molecule is C=C(C)C=C(O[Si](C)(C)C)C1=C(C)CCCC1(C)C. The summed E-state index contributed by atoms with van der Waals surface area (Å²) in [5.74, 6) is 1.08. The van der Waals surface area contributed by atoms with E-state index in [-0.39, 0.29) is 5.41 Å². The van der Waals surface area contributed by atoms with Crippen LogP contribution < -0.4 is 0 Å². The standard InChI is InChI=1S/C17H30OSi/c1-13(2)12-15(18-19(6,7)8)16-14(3)10-9-11-17(16,4)5/h12H,1,9-11H2,2-8H3. The summed E-state index contributed by atoms with van der Waals surface area (Å²) in [6.45, 7) is 19.7. The van der Waals surface area contributed by atoms with E-state index in [2.05, 4.69) is 53.1 Å². The fourth-order valence-electron chi connectivity index (χ4n) is 2.87. The van der Waals surface area contributed by atoms with Gasteiger partial charge in [-0.2, -0.15) is 0 Å². The van der Waals surface area contributed by atoms with Gasteiger partial charge in [-0.3, -0.25) is 0 Å². The first-order valence-electron chi connectivity index (χ1n) is 7.30. The molecule has 2 heteroatoms. The van der Waals surface area contributed by atoms with Crippen LogP contribution in [0.1, 0.15) is 47.0 Å². The van der Waals surface area contributed by atoms with E-state index in [9.17, 15) is 0 Å². The van der Waals surface area contributed by atoms with Crippen LogP contribution in [0.25, 0.3) is 0 Å². The van der Waals surface area contributed by atoms with Gasteiger partial charge in [-0.25, -0.2) is 0 Å². The minimum atomic E-state index is -1.61. The van der Waals surface area contributed by atoms with E-state index in [0.717, 1.165) is 11.3 Å². The third kappa shape index (κ3) is 4.68. The van der Waals surface area contributed by atoms with Gasteiger partial charge in [0.2, 0.25) is 8.32 Å². The molecule has 0 amide bonds. The first-order valence-corrected chi connectivity index (χ1v) is 10.7. The fraction of sp³-hybridized carbons (Fsp3) is 0.647. The second kappa shape index (κ2) is 5.70. The second-order valence-electron chi connectivity index (χ2n) is 7.46. The van der Waals surface area contributed by atoms with Crippen molar-refractivity contribution in [2.45, 2.75) is 66.6 Å². The maximum Gasteiger partial charge on any atom is 0.242 e. The van der Waals surface area contributed by atoms with Crippen LogP contribution in [0.3, 0.4) is 0 Å². The van der Waals surface area contributed by atoms with E-state index in [1.54, 1.807) is 0 Å². The van der Waals surface area contributed by atoms with Crippen molar-refractivity contribution >= 4 is 8.32 Å². The van der Waals surface area contributed by atoms with Crippen LogP contribution >= 0.6 is 0 Å². The van der Waals surface area contributed by atoms with Gasteiger partial charge in [0.1, 0.15) is 5.76 Å². The summed E-state index contributed by atoms with van der Waals surface area (Å²) in [5, 5.41) is 0. The molecule has 0 radical (unpaired) electrons. The lowest BCUT2D eigenvalue weighted by Crippen LogP contribution is -2.30. The highest BCUT2D eigenvalue weighted by Gasteiger charge is 2.33. The highest BCUT2D eigenvalue weighted by molar-refractivity contribution is 6.70. The maximum absolute atomic E-state index is 6.38. The lowest BCUT2D eigenvalue weighted by molar-refractivity contribution is 0.327. The molecule has 1 aliphatic carbocycles. The Balaban J connectivity index is 3.28. The Bertz CT molecular complexity index is 419. The lowest BCUT2D eigenvalue weighted by Gasteiger charge is -2.37. The average molecular weight is 279 g/mol. The molecule has 0 bridgehead atoms. The Hall–Kier alpha value is -0.763. The van der Waals surface area contributed by atoms with Crippen molar-refractivity contribution in [2.75, 3.05) is 0 Å². The van der Waals surface area contributed by atoms with Crippen LogP contribution in [-0.2, 0) is 4.43 Å². The van der Waals surface area contributed by atoms with Crippen molar-refractivity contribution in [1.29, 1.82) is 0 Å². The first kappa shape index (κ1) is 16.3. The molecular weight excluding hydrogens is 248 g/mol. The van der Waals surface area contributed by atoms with Crippen molar-refractivity contribution in [2.24, 2.45) is 5.41 Å². The molecule has 1 rings (SSSR count). The Labute approximate surface area is 120 Å². The Morgan fingerprint density at radius 2 is 1.89 bits per heavy atom. The normalized spacial score (nSPS) is 20.5. The molecule has 0 fully saturated rings. The van der Waals surface area contributed by atoms with Crippen LogP contribution in [0.4, 0.5) is 0 Å². The molecule has 0 unspecified atom stereocenters. The summed E-state index contributed by atoms with van der Waals surface area (Å²) in [6.07, 6.45) is 5.85. The van der Waals surface area contributed by atoms with Crippen molar-refractivity contribution in [3.8, 4) is 0 Å². The number of hydrogen-bond acceptors (Lipinski definition) is 1. The van der Waals surface area contributed by atoms with Gasteiger partial charge in [-0.1, -0.05) is 31.6 Å². The third-order valence-corrected chi connectivity index (χ3v) is 4.33. The molecule has 0 N–H and O–H groups in total. The first-order chi connectivity index (χ1) is 8.53. The van der Waals surface area contributed by atoms with Crippen LogP contribution in [0.5, 0.6) is 0 Å². The van der Waals surface area contributed by atoms with Crippen LogP contribution in [-0.4, -0.2) is 8.32 Å². The summed E-state index contributed by atoms with van der Waals surface area (Å²) in [7, 11) is -1.61. The molecule has 0 spiro atoms. The molecule has 0 aromatic carbocycles. The van der Waals surface area contributed by atoms with Crippen LogP contribution in [0, 0.1) is 5.41 Å². The molecule has 0 aromatic rings. The van der Waals surface area contributed by atoms with Crippen LogP contribution in [0.2, 0.25) is 19.6 Å². The quantitative estimate of drug-likeness (QED) is 0.357. The molecule has 0 aromatic heterocycles.